The molecule has 0 heterocycles. The molecule has 9 heteroatoms. The van der Waals surface area contributed by atoms with Gasteiger partial charge in [-0.15, -0.1) is 0 Å². The lowest BCUT2D eigenvalue weighted by atomic mass is 10.5. The molecule has 0 aliphatic carbocycles. The molecule has 0 radical (unpaired) electrons. The monoisotopic (exact) mass is 411 g/mol. The molecule has 0 saturated carbocycles. The Morgan fingerprint density at radius 2 is 0.962 bits per heavy atom. The second-order valence-electron chi connectivity index (χ2n) is 6.82. The third-order valence-electron chi connectivity index (χ3n) is 4.80. The van der Waals surface area contributed by atoms with E-state index in [1.54, 1.807) is 28.4 Å². The summed E-state index contributed by atoms with van der Waals surface area (Å²) < 4.78 is 33.3. The molecule has 0 aromatic heterocycles. The van der Waals surface area contributed by atoms with Crippen LogP contribution in [0.4, 0.5) is 0 Å². The first-order valence-corrected chi connectivity index (χ1v) is 14.4. The fourth-order valence-electron chi connectivity index (χ4n) is 2.32. The topological polar surface area (TPSA) is 58.6 Å². The maximum Gasteiger partial charge on any atom is 0.334 e. The summed E-state index contributed by atoms with van der Waals surface area (Å²) in [6, 6.07) is 1.91. The number of nitrogens with zero attached hydrogens (tertiary/aromatic N) is 1. The van der Waals surface area contributed by atoms with Crippen LogP contribution in [-0.4, -0.2) is 97.0 Å². The minimum Gasteiger partial charge on any atom is -0.398 e. The van der Waals surface area contributed by atoms with Gasteiger partial charge in [-0.05, 0) is 45.1 Å². The van der Waals surface area contributed by atoms with Gasteiger partial charge in [-0.2, -0.15) is 0 Å². The van der Waals surface area contributed by atoms with Gasteiger partial charge in [0.05, 0.1) is 13.2 Å². The summed E-state index contributed by atoms with van der Waals surface area (Å²) in [5.41, 5.74) is 0. The van der Waals surface area contributed by atoms with Crippen molar-refractivity contribution >= 4 is 17.1 Å². The van der Waals surface area contributed by atoms with Crippen molar-refractivity contribution in [2.75, 3.05) is 75.0 Å². The van der Waals surface area contributed by atoms with Crippen molar-refractivity contribution in [1.29, 1.82) is 0 Å². The van der Waals surface area contributed by atoms with E-state index < -0.39 is 17.1 Å². The van der Waals surface area contributed by atoms with Crippen molar-refractivity contribution in [1.82, 2.24) is 4.90 Å². The predicted molar refractivity (Wildman–Crippen MR) is 109 cm³/mol. The van der Waals surface area contributed by atoms with Gasteiger partial charge in [-0.25, -0.2) is 0 Å². The van der Waals surface area contributed by atoms with Crippen molar-refractivity contribution in [3.63, 3.8) is 0 Å². The highest BCUT2D eigenvalue weighted by Gasteiger charge is 2.28. The Bertz CT molecular complexity index is 300. The van der Waals surface area contributed by atoms with E-state index in [0.29, 0.717) is 0 Å². The first-order chi connectivity index (χ1) is 12.3. The molecule has 0 aliphatic rings. The normalized spacial score (nSPS) is 12.9. The predicted octanol–water partition coefficient (Wildman–Crippen LogP) is 2.46. The first kappa shape index (κ1) is 26.2. The lowest BCUT2D eigenvalue weighted by molar-refractivity contribution is 0.0831. The summed E-state index contributed by atoms with van der Waals surface area (Å²) in [5, 5.41) is 0. The maximum atomic E-state index is 5.70. The van der Waals surface area contributed by atoms with Crippen molar-refractivity contribution in [2.45, 2.75) is 38.0 Å². The summed E-state index contributed by atoms with van der Waals surface area (Å²) in [6.07, 6.45) is 1.95. The highest BCUT2D eigenvalue weighted by atomic mass is 28.4. The molecule has 0 atom stereocenters. The molecule has 158 valence electrons. The fourth-order valence-corrected chi connectivity index (χ4v) is 5.05. The molecule has 7 nitrogen and oxygen atoms in total. The molecule has 0 saturated heterocycles. The standard InChI is InChI=1S/C17H41NO6Si2/c1-18(10-14-23-12-8-16-25(6,19-2)20-3)11-15-24-13-9-17-26(7,21-4)22-5/h8-17H2,1-7H3. The van der Waals surface area contributed by atoms with Crippen LogP contribution in [-0.2, 0) is 27.2 Å². The van der Waals surface area contributed by atoms with E-state index in [2.05, 4.69) is 25.0 Å². The minimum absolute atomic E-state index is 0.736. The maximum absolute atomic E-state index is 5.70. The second-order valence-corrected chi connectivity index (χ2v) is 14.0. The van der Waals surface area contributed by atoms with Gasteiger partial charge in [0.25, 0.3) is 0 Å². The van der Waals surface area contributed by atoms with Gasteiger partial charge in [0, 0.05) is 54.7 Å². The molecule has 0 fully saturated rings. The van der Waals surface area contributed by atoms with Gasteiger partial charge in [-0.1, -0.05) is 0 Å². The van der Waals surface area contributed by atoms with Crippen molar-refractivity contribution in [3.05, 3.63) is 0 Å². The molecule has 0 N–H and O–H groups in total. The van der Waals surface area contributed by atoms with E-state index >= 15 is 0 Å². The molecule has 0 unspecified atom stereocenters. The Balaban J connectivity index is 3.51. The average Bonchev–Trinajstić information content (AvgIpc) is 2.66. The Hall–Kier alpha value is 0.154. The van der Waals surface area contributed by atoms with Gasteiger partial charge < -0.3 is 32.1 Å². The van der Waals surface area contributed by atoms with Gasteiger partial charge in [0.1, 0.15) is 0 Å². The Morgan fingerprint density at radius 3 is 1.27 bits per heavy atom. The van der Waals surface area contributed by atoms with Crippen LogP contribution in [0.2, 0.25) is 25.2 Å². The molecule has 0 rings (SSSR count). The second kappa shape index (κ2) is 15.1. The van der Waals surface area contributed by atoms with Crippen LogP contribution < -0.4 is 0 Å². The van der Waals surface area contributed by atoms with E-state index in [1.807, 2.05) is 0 Å². The molecule has 0 aromatic carbocycles. The van der Waals surface area contributed by atoms with E-state index in [-0.39, 0.29) is 0 Å². The van der Waals surface area contributed by atoms with Crippen LogP contribution in [0, 0.1) is 0 Å². The van der Waals surface area contributed by atoms with Crippen molar-refractivity contribution < 1.29 is 27.2 Å². The van der Waals surface area contributed by atoms with Crippen LogP contribution >= 0.6 is 0 Å². The van der Waals surface area contributed by atoms with Crippen LogP contribution in [0.1, 0.15) is 12.8 Å². The highest BCUT2D eigenvalue weighted by Crippen LogP contribution is 2.14. The van der Waals surface area contributed by atoms with Gasteiger partial charge in [-0.3, -0.25) is 0 Å². The third-order valence-corrected chi connectivity index (χ3v) is 10.8. The van der Waals surface area contributed by atoms with Crippen LogP contribution in [0.15, 0.2) is 0 Å². The van der Waals surface area contributed by atoms with Crippen molar-refractivity contribution in [3.8, 4) is 0 Å². The average molecular weight is 412 g/mol. The van der Waals surface area contributed by atoms with Gasteiger partial charge >= 0.3 is 17.1 Å². The zero-order valence-electron chi connectivity index (χ0n) is 18.0. The van der Waals surface area contributed by atoms with Crippen LogP contribution in [0.25, 0.3) is 0 Å². The summed E-state index contributed by atoms with van der Waals surface area (Å²) in [7, 11) is 5.10. The molecule has 26 heavy (non-hydrogen) atoms. The van der Waals surface area contributed by atoms with Gasteiger partial charge in [0.2, 0.25) is 0 Å². The molecular formula is C17H41NO6Si2. The van der Waals surface area contributed by atoms with E-state index in [1.165, 1.54) is 0 Å². The SMILES string of the molecule is CO[Si](C)(CCCOCCN(C)CCOCCC[Si](C)(OC)OC)OC. The lowest BCUT2D eigenvalue weighted by Gasteiger charge is -2.23. The molecule has 0 bridgehead atoms. The molecular weight excluding hydrogens is 370 g/mol. The third kappa shape index (κ3) is 12.5. The number of hydrogen-bond acceptors (Lipinski definition) is 7. The minimum atomic E-state index is -1.95. The summed E-state index contributed by atoms with van der Waals surface area (Å²) in [5.74, 6) is 0. The van der Waals surface area contributed by atoms with Crippen LogP contribution in [0.5, 0.6) is 0 Å². The Kier molecular flexibility index (Phi) is 15.2. The zero-order valence-corrected chi connectivity index (χ0v) is 20.0. The Labute approximate surface area is 162 Å². The van der Waals surface area contributed by atoms with E-state index in [4.69, 9.17) is 27.2 Å². The quantitative estimate of drug-likeness (QED) is 0.254. The molecule has 0 aromatic rings. The largest absolute Gasteiger partial charge is 0.398 e. The number of rotatable bonds is 18. The molecule has 0 spiro atoms. The number of likely N-dealkylation sites (N-methyl/N-ethyl adjacent to an activating group) is 1. The number of hydrogen-bond donors (Lipinski definition) is 0. The van der Waals surface area contributed by atoms with E-state index in [9.17, 15) is 0 Å². The zero-order chi connectivity index (χ0) is 19.9. The first-order valence-electron chi connectivity index (χ1n) is 9.39. The Morgan fingerprint density at radius 1 is 0.615 bits per heavy atom. The number of ether oxygens (including phenoxy) is 2. The van der Waals surface area contributed by atoms with Gasteiger partial charge in [0.15, 0.2) is 0 Å². The summed E-state index contributed by atoms with van der Waals surface area (Å²) in [4.78, 5) is 2.23. The fraction of sp³-hybridized carbons (Fsp3) is 1.00. The van der Waals surface area contributed by atoms with E-state index in [0.717, 1.165) is 64.4 Å². The summed E-state index contributed by atoms with van der Waals surface area (Å²) >= 11 is 0. The highest BCUT2D eigenvalue weighted by molar-refractivity contribution is 6.66. The smallest absolute Gasteiger partial charge is 0.334 e. The van der Waals surface area contributed by atoms with Crippen LogP contribution in [0.3, 0.4) is 0 Å². The van der Waals surface area contributed by atoms with Crippen molar-refractivity contribution in [2.24, 2.45) is 0 Å². The molecule has 0 amide bonds. The summed E-state index contributed by atoms with van der Waals surface area (Å²) in [6.45, 7) is 8.95. The molecule has 0 aliphatic heterocycles. The lowest BCUT2D eigenvalue weighted by Crippen LogP contribution is -2.36.